The Balaban J connectivity index is 1.21. The summed E-state index contributed by atoms with van der Waals surface area (Å²) in [6, 6.07) is -1.36. The fourth-order valence-corrected chi connectivity index (χ4v) is 6.58. The Kier molecular flexibility index (Phi) is 7.33. The summed E-state index contributed by atoms with van der Waals surface area (Å²) in [5, 5.41) is 2.81. The van der Waals surface area contributed by atoms with Crippen LogP contribution in [0, 0.1) is 0 Å². The Morgan fingerprint density at radius 1 is 1.03 bits per heavy atom. The third-order valence-corrected chi connectivity index (χ3v) is 9.19. The maximum atomic E-state index is 15.2. The topological polar surface area (TPSA) is 64.8 Å². The van der Waals surface area contributed by atoms with Crippen LogP contribution in [-0.2, 0) is 18.3 Å². The average molecular weight is 508 g/mol. The van der Waals surface area contributed by atoms with Crippen molar-refractivity contribution in [2.24, 2.45) is 0 Å². The zero-order valence-corrected chi connectivity index (χ0v) is 22.2. The lowest BCUT2D eigenvalue weighted by molar-refractivity contribution is -0.0973. The van der Waals surface area contributed by atoms with Gasteiger partial charge in [0.15, 0.2) is 0 Å². The summed E-state index contributed by atoms with van der Waals surface area (Å²) >= 11 is 0. The van der Waals surface area contributed by atoms with E-state index in [1.807, 2.05) is 0 Å². The fraction of sp³-hybridized carbons (Fsp3) is 0.852. The normalized spacial score (nSPS) is 29.2. The van der Waals surface area contributed by atoms with E-state index in [9.17, 15) is 4.79 Å². The van der Waals surface area contributed by atoms with Gasteiger partial charge < -0.3 is 14.6 Å². The molecular weight excluding hydrogens is 464 g/mol. The number of nitrogens with zero attached hydrogens (tertiary/aromatic N) is 4. The van der Waals surface area contributed by atoms with E-state index in [0.717, 1.165) is 82.0 Å². The van der Waals surface area contributed by atoms with Crippen molar-refractivity contribution in [1.82, 2.24) is 25.0 Å². The zero-order chi connectivity index (χ0) is 25.5. The van der Waals surface area contributed by atoms with Gasteiger partial charge in [0, 0.05) is 69.6 Å². The number of urea groups is 1. The molecule has 2 amide bonds. The monoisotopic (exact) mass is 507 g/mol. The number of nitrogens with one attached hydrogen (secondary N) is 1. The number of rotatable bonds is 4. The van der Waals surface area contributed by atoms with Gasteiger partial charge in [-0.3, -0.25) is 9.80 Å². The van der Waals surface area contributed by atoms with Crippen LogP contribution in [0.25, 0.3) is 0 Å². The lowest BCUT2D eigenvalue weighted by Gasteiger charge is -2.48. The highest BCUT2D eigenvalue weighted by Gasteiger charge is 2.50. The van der Waals surface area contributed by atoms with Gasteiger partial charge in [-0.25, -0.2) is 18.6 Å². The molecule has 202 valence electrons. The molecule has 4 aliphatic rings. The van der Waals surface area contributed by atoms with Crippen molar-refractivity contribution in [3.8, 4) is 0 Å². The Morgan fingerprint density at radius 2 is 1.72 bits per heavy atom. The number of fused-ring (bicyclic) bond motifs is 1. The van der Waals surface area contributed by atoms with Crippen LogP contribution in [-0.4, -0.2) is 89.0 Å². The largest absolute Gasteiger partial charge is 0.445 e. The Hall–Kier alpha value is -1.74. The maximum absolute atomic E-state index is 15.2. The number of alkyl halides is 2. The molecule has 1 aromatic heterocycles. The molecule has 1 aromatic rings. The highest BCUT2D eigenvalue weighted by atomic mass is 19.3. The van der Waals surface area contributed by atoms with Crippen molar-refractivity contribution >= 4 is 6.03 Å². The first kappa shape index (κ1) is 25.9. The average Bonchev–Trinajstić information content (AvgIpc) is 3.31. The molecule has 1 N–H and O–H groups in total. The van der Waals surface area contributed by atoms with Gasteiger partial charge in [-0.1, -0.05) is 6.92 Å². The lowest BCUT2D eigenvalue weighted by atomic mass is 9.80. The molecule has 3 heterocycles. The molecule has 7 nitrogen and oxygen atoms in total. The number of piperidine rings is 1. The number of carbonyl (C=O) groups is 1. The molecule has 2 aliphatic heterocycles. The lowest BCUT2D eigenvalue weighted by Crippen LogP contribution is -2.66. The van der Waals surface area contributed by atoms with Gasteiger partial charge in [-0.15, -0.1) is 0 Å². The van der Waals surface area contributed by atoms with Crippen molar-refractivity contribution in [2.75, 3.05) is 39.3 Å². The first-order valence-electron chi connectivity index (χ1n) is 14.1. The van der Waals surface area contributed by atoms with Crippen LogP contribution in [0.2, 0.25) is 0 Å². The smallest absolute Gasteiger partial charge is 0.317 e. The molecule has 0 unspecified atom stereocenters. The molecule has 1 saturated carbocycles. The van der Waals surface area contributed by atoms with Gasteiger partial charge >= 0.3 is 6.03 Å². The number of hydrogen-bond donors (Lipinski definition) is 1. The zero-order valence-electron chi connectivity index (χ0n) is 22.2. The molecular formula is C27H43F2N5O2. The number of carbonyl (C=O) groups excluding carboxylic acids is 1. The fourth-order valence-electron chi connectivity index (χ4n) is 6.58. The van der Waals surface area contributed by atoms with Gasteiger partial charge in [0.25, 0.3) is 5.92 Å². The van der Waals surface area contributed by atoms with Crippen molar-refractivity contribution in [3.63, 3.8) is 0 Å². The van der Waals surface area contributed by atoms with E-state index in [4.69, 9.17) is 9.40 Å². The second kappa shape index (κ2) is 10.2. The van der Waals surface area contributed by atoms with E-state index in [0.29, 0.717) is 32.0 Å². The number of aromatic nitrogens is 1. The van der Waals surface area contributed by atoms with E-state index in [2.05, 4.69) is 35.9 Å². The number of amides is 2. The van der Waals surface area contributed by atoms with Crippen LogP contribution in [0.1, 0.15) is 83.1 Å². The number of oxazole rings is 1. The van der Waals surface area contributed by atoms with Gasteiger partial charge in [-0.05, 0) is 58.8 Å². The number of likely N-dealkylation sites (tertiary alicyclic amines) is 1. The minimum Gasteiger partial charge on any atom is -0.445 e. The Labute approximate surface area is 214 Å². The van der Waals surface area contributed by atoms with E-state index in [1.165, 1.54) is 0 Å². The van der Waals surface area contributed by atoms with Crippen molar-refractivity contribution < 1.29 is 18.0 Å². The first-order valence-corrected chi connectivity index (χ1v) is 14.1. The van der Waals surface area contributed by atoms with Gasteiger partial charge in [-0.2, -0.15) is 0 Å². The number of aryl methyl sites for hydroxylation is 2. The molecule has 0 spiro atoms. The van der Waals surface area contributed by atoms with Crippen LogP contribution in [0.4, 0.5) is 13.6 Å². The SMILES string of the molecule is CC(C)N1CCN([C@H]2CCCC(F)(F)[C@@H]2NC(=O)N2CCC(C)(c3nc4c(o3)CCCC4)CC2)CC1. The predicted octanol–water partition coefficient (Wildman–Crippen LogP) is 4.20. The third-order valence-electron chi connectivity index (χ3n) is 9.19. The Bertz CT molecular complexity index is 896. The van der Waals surface area contributed by atoms with Crippen LogP contribution in [0.3, 0.4) is 0 Å². The maximum Gasteiger partial charge on any atom is 0.317 e. The highest BCUT2D eigenvalue weighted by Crippen LogP contribution is 2.39. The quantitative estimate of drug-likeness (QED) is 0.662. The number of piperazine rings is 1. The molecule has 9 heteroatoms. The summed E-state index contributed by atoms with van der Waals surface area (Å²) in [6.07, 6.45) is 6.72. The first-order chi connectivity index (χ1) is 17.2. The molecule has 0 radical (unpaired) electrons. The van der Waals surface area contributed by atoms with E-state index in [-0.39, 0.29) is 23.9 Å². The third kappa shape index (κ3) is 5.15. The van der Waals surface area contributed by atoms with E-state index in [1.54, 1.807) is 4.90 Å². The predicted molar refractivity (Wildman–Crippen MR) is 134 cm³/mol. The van der Waals surface area contributed by atoms with Gasteiger partial charge in [0.1, 0.15) is 11.8 Å². The van der Waals surface area contributed by atoms with Crippen molar-refractivity contribution in [2.45, 2.75) is 108 Å². The molecule has 0 aromatic carbocycles. The standard InChI is InChI=1S/C27H43F2N5O2/c1-19(2)32-15-17-33(18-16-32)21-8-6-10-27(28,29)23(21)31-25(35)34-13-11-26(3,12-14-34)24-30-20-7-4-5-9-22(20)36-24/h19,21,23H,4-18H2,1-3H3,(H,31,35)/t21-,23+/m0/s1. The van der Waals surface area contributed by atoms with Crippen molar-refractivity contribution in [3.05, 3.63) is 17.3 Å². The van der Waals surface area contributed by atoms with Gasteiger partial charge in [0.2, 0.25) is 5.89 Å². The molecule has 2 aliphatic carbocycles. The Morgan fingerprint density at radius 3 is 2.39 bits per heavy atom. The molecule has 36 heavy (non-hydrogen) atoms. The van der Waals surface area contributed by atoms with Crippen LogP contribution in [0.15, 0.2) is 4.42 Å². The van der Waals surface area contributed by atoms with Crippen LogP contribution in [0.5, 0.6) is 0 Å². The highest BCUT2D eigenvalue weighted by molar-refractivity contribution is 5.75. The molecule has 3 fully saturated rings. The minimum absolute atomic E-state index is 0.159. The molecule has 2 saturated heterocycles. The molecule has 2 atom stereocenters. The van der Waals surface area contributed by atoms with E-state index >= 15 is 8.78 Å². The minimum atomic E-state index is -2.89. The number of hydrogen-bond acceptors (Lipinski definition) is 5. The van der Waals surface area contributed by atoms with Crippen LogP contribution >= 0.6 is 0 Å². The molecule has 5 rings (SSSR count). The number of halogens is 2. The van der Waals surface area contributed by atoms with Crippen molar-refractivity contribution in [1.29, 1.82) is 0 Å². The summed E-state index contributed by atoms with van der Waals surface area (Å²) in [7, 11) is 0. The summed E-state index contributed by atoms with van der Waals surface area (Å²) in [4.78, 5) is 24.3. The van der Waals surface area contributed by atoms with Crippen LogP contribution < -0.4 is 5.32 Å². The van der Waals surface area contributed by atoms with E-state index < -0.39 is 12.0 Å². The van der Waals surface area contributed by atoms with Gasteiger partial charge in [0.05, 0.1) is 5.69 Å². The summed E-state index contributed by atoms with van der Waals surface area (Å²) < 4.78 is 36.5. The second-order valence-electron chi connectivity index (χ2n) is 12.0. The summed E-state index contributed by atoms with van der Waals surface area (Å²) in [6.45, 7) is 10.9. The summed E-state index contributed by atoms with van der Waals surface area (Å²) in [5.74, 6) is -1.08. The summed E-state index contributed by atoms with van der Waals surface area (Å²) in [5.41, 5.74) is 0.874. The molecule has 0 bridgehead atoms. The second-order valence-corrected chi connectivity index (χ2v) is 12.0.